The molecule has 8 nitrogen and oxygen atoms in total. The summed E-state index contributed by atoms with van der Waals surface area (Å²) in [7, 11) is -3.86. The maximum absolute atomic E-state index is 13.1. The lowest BCUT2D eigenvalue weighted by Gasteiger charge is -2.11. The third-order valence-electron chi connectivity index (χ3n) is 5.52. The maximum atomic E-state index is 13.1. The zero-order valence-corrected chi connectivity index (χ0v) is 19.2. The Hall–Kier alpha value is -4.68. The largest absolute Gasteiger partial charge is 0.338 e. The summed E-state index contributed by atoms with van der Waals surface area (Å²) in [5, 5.41) is 13.2. The number of amides is 1. The Labute approximate surface area is 201 Å². The molecule has 0 saturated heterocycles. The number of nitriles is 1. The fourth-order valence-corrected chi connectivity index (χ4v) is 5.12. The second-order valence-electron chi connectivity index (χ2n) is 7.89. The van der Waals surface area contributed by atoms with Crippen LogP contribution >= 0.6 is 0 Å². The fourth-order valence-electron chi connectivity index (χ4n) is 3.89. The highest BCUT2D eigenvalue weighted by Gasteiger charge is 2.19. The van der Waals surface area contributed by atoms with Crippen LogP contribution in [0, 0.1) is 11.3 Å². The van der Waals surface area contributed by atoms with Crippen LogP contribution in [0.4, 0.5) is 11.4 Å². The first-order chi connectivity index (χ1) is 16.9. The molecule has 0 unspecified atom stereocenters. The molecule has 35 heavy (non-hydrogen) atoms. The Bertz CT molecular complexity index is 1710. The van der Waals surface area contributed by atoms with Crippen LogP contribution in [0.15, 0.2) is 96.2 Å². The van der Waals surface area contributed by atoms with E-state index in [0.717, 1.165) is 16.3 Å². The lowest BCUT2D eigenvalue weighted by Crippen LogP contribution is -2.18. The summed E-state index contributed by atoms with van der Waals surface area (Å²) in [6.07, 6.45) is 3.34. The molecule has 3 aromatic carbocycles. The number of fused-ring (bicyclic) bond motifs is 2. The number of sulfonamides is 1. The van der Waals surface area contributed by atoms with E-state index in [1.54, 1.807) is 71.6 Å². The topological polar surface area (TPSA) is 117 Å². The van der Waals surface area contributed by atoms with Crippen molar-refractivity contribution in [2.75, 3.05) is 10.0 Å². The SMILES string of the molecule is N#Cc1ccc(NC(=O)Cn2ccc3cc(NS(=O)(=O)c4cccc5cccnc45)ccc32)cc1. The first kappa shape index (κ1) is 22.1. The van der Waals surface area contributed by atoms with E-state index in [4.69, 9.17) is 5.26 Å². The lowest BCUT2D eigenvalue weighted by atomic mass is 10.2. The maximum Gasteiger partial charge on any atom is 0.264 e. The van der Waals surface area contributed by atoms with E-state index in [9.17, 15) is 13.2 Å². The van der Waals surface area contributed by atoms with Gasteiger partial charge in [-0.3, -0.25) is 14.5 Å². The van der Waals surface area contributed by atoms with E-state index in [-0.39, 0.29) is 17.3 Å². The summed E-state index contributed by atoms with van der Waals surface area (Å²) >= 11 is 0. The minimum absolute atomic E-state index is 0.0796. The third-order valence-corrected chi connectivity index (χ3v) is 6.93. The zero-order chi connectivity index (χ0) is 24.4. The van der Waals surface area contributed by atoms with Crippen LogP contribution in [0.5, 0.6) is 0 Å². The van der Waals surface area contributed by atoms with Crippen LogP contribution in [0.2, 0.25) is 0 Å². The number of hydrogen-bond acceptors (Lipinski definition) is 5. The molecular formula is C26H19N5O3S. The molecule has 0 bridgehead atoms. The quantitative estimate of drug-likeness (QED) is 0.370. The standard InChI is InChI=1S/C26H19N5O3S/c27-16-18-6-8-21(9-7-18)29-25(32)17-31-14-12-20-15-22(10-11-23(20)31)30-35(33,34)24-5-1-3-19-4-2-13-28-26(19)24/h1-15,30H,17H2,(H,29,32). The number of nitrogens with zero attached hydrogens (tertiary/aromatic N) is 3. The van der Waals surface area contributed by atoms with Gasteiger partial charge in [0, 0.05) is 40.1 Å². The molecule has 0 spiro atoms. The molecule has 9 heteroatoms. The van der Waals surface area contributed by atoms with Gasteiger partial charge in [0.05, 0.1) is 17.1 Å². The minimum atomic E-state index is -3.86. The molecule has 0 radical (unpaired) electrons. The molecule has 0 aliphatic heterocycles. The van der Waals surface area contributed by atoms with Crippen LogP contribution in [0.3, 0.4) is 0 Å². The van der Waals surface area contributed by atoms with Crippen LogP contribution in [0.1, 0.15) is 5.56 Å². The van der Waals surface area contributed by atoms with E-state index in [1.807, 2.05) is 24.3 Å². The van der Waals surface area contributed by atoms with Gasteiger partial charge >= 0.3 is 0 Å². The summed E-state index contributed by atoms with van der Waals surface area (Å²) < 4.78 is 30.6. The number of aromatic nitrogens is 2. The predicted molar refractivity (Wildman–Crippen MR) is 134 cm³/mol. The van der Waals surface area contributed by atoms with Gasteiger partial charge in [-0.05, 0) is 60.7 Å². The van der Waals surface area contributed by atoms with Gasteiger partial charge in [-0.25, -0.2) is 8.42 Å². The Kier molecular flexibility index (Phi) is 5.65. The van der Waals surface area contributed by atoms with Gasteiger partial charge in [0.15, 0.2) is 0 Å². The Morgan fingerprint density at radius 3 is 2.51 bits per heavy atom. The normalized spacial score (nSPS) is 11.3. The fraction of sp³-hybridized carbons (Fsp3) is 0.0385. The van der Waals surface area contributed by atoms with Crippen LogP contribution in [0.25, 0.3) is 21.8 Å². The van der Waals surface area contributed by atoms with Gasteiger partial charge in [0.2, 0.25) is 5.91 Å². The molecule has 2 aromatic heterocycles. The first-order valence-electron chi connectivity index (χ1n) is 10.7. The van der Waals surface area contributed by atoms with E-state index in [1.165, 1.54) is 6.07 Å². The van der Waals surface area contributed by atoms with E-state index < -0.39 is 10.0 Å². The molecule has 5 aromatic rings. The first-order valence-corrected chi connectivity index (χ1v) is 12.2. The van der Waals surface area contributed by atoms with Crippen molar-refractivity contribution < 1.29 is 13.2 Å². The molecular weight excluding hydrogens is 462 g/mol. The monoisotopic (exact) mass is 481 g/mol. The zero-order valence-electron chi connectivity index (χ0n) is 18.3. The second-order valence-corrected chi connectivity index (χ2v) is 9.54. The molecule has 0 saturated carbocycles. The molecule has 172 valence electrons. The number of benzene rings is 3. The number of para-hydroxylation sites is 1. The highest BCUT2D eigenvalue weighted by atomic mass is 32.2. The number of rotatable bonds is 6. The van der Waals surface area contributed by atoms with Gasteiger partial charge in [0.1, 0.15) is 11.4 Å². The van der Waals surface area contributed by atoms with Gasteiger partial charge in [-0.1, -0.05) is 18.2 Å². The summed E-state index contributed by atoms with van der Waals surface area (Å²) in [5.41, 5.74) is 2.72. The Morgan fingerprint density at radius 2 is 1.71 bits per heavy atom. The van der Waals surface area contributed by atoms with Crippen molar-refractivity contribution in [1.82, 2.24) is 9.55 Å². The number of carbonyl (C=O) groups excluding carboxylic acids is 1. The Balaban J connectivity index is 1.34. The average Bonchev–Trinajstić information content (AvgIpc) is 3.25. The second kappa shape index (κ2) is 8.93. The molecule has 0 aliphatic rings. The molecule has 5 rings (SSSR count). The molecule has 0 aliphatic carbocycles. The number of anilines is 2. The number of carbonyl (C=O) groups is 1. The van der Waals surface area contributed by atoms with E-state index in [2.05, 4.69) is 15.0 Å². The highest BCUT2D eigenvalue weighted by molar-refractivity contribution is 7.93. The predicted octanol–water partition coefficient (Wildman–Crippen LogP) is 4.50. The third kappa shape index (κ3) is 4.55. The van der Waals surface area contributed by atoms with Gasteiger partial charge in [-0.2, -0.15) is 5.26 Å². The average molecular weight is 482 g/mol. The molecule has 0 atom stereocenters. The van der Waals surface area contributed by atoms with Crippen molar-refractivity contribution in [2.24, 2.45) is 0 Å². The van der Waals surface area contributed by atoms with Crippen molar-refractivity contribution >= 4 is 49.1 Å². The van der Waals surface area contributed by atoms with Gasteiger partial charge in [0.25, 0.3) is 10.0 Å². The number of pyridine rings is 1. The Morgan fingerprint density at radius 1 is 0.943 bits per heavy atom. The smallest absolute Gasteiger partial charge is 0.264 e. The van der Waals surface area contributed by atoms with Crippen molar-refractivity contribution in [3.05, 3.63) is 96.8 Å². The van der Waals surface area contributed by atoms with Crippen LogP contribution in [-0.2, 0) is 21.4 Å². The van der Waals surface area contributed by atoms with Crippen LogP contribution < -0.4 is 10.0 Å². The van der Waals surface area contributed by atoms with Gasteiger partial charge < -0.3 is 9.88 Å². The minimum Gasteiger partial charge on any atom is -0.338 e. The molecule has 1 amide bonds. The molecule has 0 fully saturated rings. The van der Waals surface area contributed by atoms with Crippen molar-refractivity contribution in [3.8, 4) is 6.07 Å². The van der Waals surface area contributed by atoms with Crippen LogP contribution in [-0.4, -0.2) is 23.9 Å². The van der Waals surface area contributed by atoms with E-state index >= 15 is 0 Å². The number of nitrogens with one attached hydrogen (secondary N) is 2. The molecule has 2 heterocycles. The summed E-state index contributed by atoms with van der Waals surface area (Å²) in [6.45, 7) is 0.0796. The van der Waals surface area contributed by atoms with E-state index in [0.29, 0.717) is 22.5 Å². The van der Waals surface area contributed by atoms with Crippen molar-refractivity contribution in [2.45, 2.75) is 11.4 Å². The number of hydrogen-bond donors (Lipinski definition) is 2. The van der Waals surface area contributed by atoms with Crippen molar-refractivity contribution in [1.29, 1.82) is 5.26 Å². The highest BCUT2D eigenvalue weighted by Crippen LogP contribution is 2.26. The summed E-state index contributed by atoms with van der Waals surface area (Å²) in [5.74, 6) is -0.222. The summed E-state index contributed by atoms with van der Waals surface area (Å²) in [6, 6.07) is 24.2. The van der Waals surface area contributed by atoms with Gasteiger partial charge in [-0.15, -0.1) is 0 Å². The molecule has 2 N–H and O–H groups in total. The summed E-state index contributed by atoms with van der Waals surface area (Å²) in [4.78, 5) is 16.8. The van der Waals surface area contributed by atoms with Crippen molar-refractivity contribution in [3.63, 3.8) is 0 Å². The lowest BCUT2D eigenvalue weighted by molar-refractivity contribution is -0.116.